The van der Waals surface area contributed by atoms with E-state index in [0.717, 1.165) is 12.1 Å². The van der Waals surface area contributed by atoms with Crippen molar-refractivity contribution in [2.24, 2.45) is 4.99 Å². The van der Waals surface area contributed by atoms with Crippen molar-refractivity contribution in [2.45, 2.75) is 25.4 Å². The second-order valence-electron chi connectivity index (χ2n) is 7.86. The predicted octanol–water partition coefficient (Wildman–Crippen LogP) is 2.39. The Labute approximate surface area is 212 Å². The van der Waals surface area contributed by atoms with Gasteiger partial charge in [0.05, 0.1) is 25.2 Å². The van der Waals surface area contributed by atoms with Crippen molar-refractivity contribution in [3.63, 3.8) is 0 Å². The highest BCUT2D eigenvalue weighted by Gasteiger charge is 2.31. The van der Waals surface area contributed by atoms with Gasteiger partial charge in [-0.2, -0.15) is 0 Å². The van der Waals surface area contributed by atoms with E-state index >= 15 is 0 Å². The van der Waals surface area contributed by atoms with Gasteiger partial charge in [0, 0.05) is 28.3 Å². The van der Waals surface area contributed by atoms with Gasteiger partial charge in [-0.15, -0.1) is 13.2 Å². The topological polar surface area (TPSA) is 144 Å². The van der Waals surface area contributed by atoms with Gasteiger partial charge in [0.15, 0.2) is 5.96 Å². The first-order chi connectivity index (χ1) is 16.9. The lowest BCUT2D eigenvalue weighted by Crippen LogP contribution is -2.42. The molecule has 0 saturated heterocycles. The molecule has 14 heteroatoms. The molecule has 6 N–H and O–H groups in total. The molecule has 2 amide bonds. The van der Waals surface area contributed by atoms with E-state index in [-0.39, 0.29) is 17.9 Å². The molecule has 3 rings (SSSR count). The van der Waals surface area contributed by atoms with Gasteiger partial charge in [-0.25, -0.2) is 0 Å². The van der Waals surface area contributed by atoms with Gasteiger partial charge in [0.1, 0.15) is 11.5 Å². The van der Waals surface area contributed by atoms with E-state index in [4.69, 9.17) is 0 Å². The number of rotatable bonds is 7. The Balaban J connectivity index is 1.57. The number of amides is 2. The molecule has 2 aromatic carbocycles. The first-order valence-electron chi connectivity index (χ1n) is 10.6. The Morgan fingerprint density at radius 1 is 1.25 bits per heavy atom. The summed E-state index contributed by atoms with van der Waals surface area (Å²) >= 11 is 3.11. The molecule has 0 aliphatic carbocycles. The zero-order chi connectivity index (χ0) is 26.5. The van der Waals surface area contributed by atoms with Crippen LogP contribution in [0.25, 0.3) is 0 Å². The lowest BCUT2D eigenvalue weighted by Gasteiger charge is -2.20. The molecule has 2 unspecified atom stereocenters. The monoisotopic (exact) mass is 573 g/mol. The molecule has 0 fully saturated rings. The number of benzene rings is 2. The van der Waals surface area contributed by atoms with Crippen LogP contribution in [0.3, 0.4) is 0 Å². The molecule has 0 spiro atoms. The molecule has 0 radical (unpaired) electrons. The maximum absolute atomic E-state index is 12.5. The number of aliphatic imine (C=N–C) groups is 1. The van der Waals surface area contributed by atoms with Gasteiger partial charge in [0.25, 0.3) is 5.91 Å². The largest absolute Gasteiger partial charge is 0.573 e. The third kappa shape index (κ3) is 8.30. The van der Waals surface area contributed by atoms with Gasteiger partial charge in [-0.3, -0.25) is 14.6 Å². The number of phenols is 1. The highest BCUT2D eigenvalue weighted by Crippen LogP contribution is 2.29. The number of hydrogen-bond acceptors (Lipinski definition) is 8. The quantitative estimate of drug-likeness (QED) is 0.298. The van der Waals surface area contributed by atoms with Crippen molar-refractivity contribution < 1.29 is 37.7 Å². The molecule has 2 aromatic rings. The normalized spacial score (nSPS) is 16.3. The number of aliphatic hydroxyl groups is 1. The van der Waals surface area contributed by atoms with Crippen molar-refractivity contribution in [1.82, 2.24) is 16.0 Å². The van der Waals surface area contributed by atoms with Crippen LogP contribution >= 0.6 is 15.9 Å². The summed E-state index contributed by atoms with van der Waals surface area (Å²) in [6.07, 6.45) is -5.47. The molecule has 36 heavy (non-hydrogen) atoms. The second-order valence-corrected chi connectivity index (χ2v) is 8.77. The number of hydrogen-bond donors (Lipinski definition) is 6. The maximum Gasteiger partial charge on any atom is 0.573 e. The van der Waals surface area contributed by atoms with Crippen LogP contribution in [0.2, 0.25) is 0 Å². The minimum absolute atomic E-state index is 0.0655. The molecule has 1 aliphatic rings. The Kier molecular flexibility index (Phi) is 8.63. The van der Waals surface area contributed by atoms with E-state index in [9.17, 15) is 33.0 Å². The summed E-state index contributed by atoms with van der Waals surface area (Å²) in [4.78, 5) is 29.0. The van der Waals surface area contributed by atoms with Crippen LogP contribution in [0.4, 0.5) is 18.9 Å². The number of aliphatic hydroxyl groups excluding tert-OH is 1. The van der Waals surface area contributed by atoms with E-state index in [0.29, 0.717) is 28.2 Å². The summed E-state index contributed by atoms with van der Waals surface area (Å²) < 4.78 is 41.8. The van der Waals surface area contributed by atoms with Crippen LogP contribution in [0.1, 0.15) is 28.9 Å². The Morgan fingerprint density at radius 3 is 2.67 bits per heavy atom. The van der Waals surface area contributed by atoms with Gasteiger partial charge in [-0.1, -0.05) is 15.9 Å². The number of anilines is 1. The highest BCUT2D eigenvalue weighted by atomic mass is 79.9. The lowest BCUT2D eigenvalue weighted by atomic mass is 10.1. The molecule has 194 valence electrons. The number of alkyl halides is 3. The van der Waals surface area contributed by atoms with Gasteiger partial charge in [-0.05, 0) is 42.8 Å². The van der Waals surface area contributed by atoms with Crippen molar-refractivity contribution in [3.05, 3.63) is 52.0 Å². The number of nitrogens with zero attached hydrogens (tertiary/aromatic N) is 1. The highest BCUT2D eigenvalue weighted by molar-refractivity contribution is 9.10. The van der Waals surface area contributed by atoms with Crippen molar-refractivity contribution >= 4 is 39.4 Å². The SMILES string of the molecule is CC(NC(=O)CNC(=O)c1cc(O)cc(NC2=NCC(O)CN2)c1)c1cc(Br)cc(OC(F)(F)F)c1. The summed E-state index contributed by atoms with van der Waals surface area (Å²) in [5, 5.41) is 30.2. The molecule has 0 aromatic heterocycles. The molecule has 1 heterocycles. The summed E-state index contributed by atoms with van der Waals surface area (Å²) in [5.74, 6) is -1.52. The number of aromatic hydroxyl groups is 1. The third-order valence-electron chi connectivity index (χ3n) is 4.82. The molecule has 1 aliphatic heterocycles. The van der Waals surface area contributed by atoms with Crippen LogP contribution in [-0.2, 0) is 4.79 Å². The fraction of sp³-hybridized carbons (Fsp3) is 0.318. The zero-order valence-electron chi connectivity index (χ0n) is 18.8. The number of phenolic OH excluding ortho intramolecular Hbond substituents is 1. The standard InChI is InChI=1S/C22H23BrF3N5O5/c1-11(12-2-14(23)6-18(5-12)36-22(24,25)26)30-19(34)10-27-20(35)13-3-15(7-16(32)4-13)31-21-28-8-17(33)9-29-21/h2-7,11,17,32-33H,8-10H2,1H3,(H,27,35)(H,30,34)(H2,28,29,31). The average Bonchev–Trinajstić information content (AvgIpc) is 2.77. The summed E-state index contributed by atoms with van der Waals surface area (Å²) in [6.45, 7) is 1.63. The zero-order valence-corrected chi connectivity index (χ0v) is 20.4. The summed E-state index contributed by atoms with van der Waals surface area (Å²) in [5.41, 5.74) is 0.766. The minimum Gasteiger partial charge on any atom is -0.508 e. The Hall–Kier alpha value is -3.52. The average molecular weight is 574 g/mol. The van der Waals surface area contributed by atoms with Gasteiger partial charge >= 0.3 is 6.36 Å². The number of carbonyl (C=O) groups excluding carboxylic acids is 2. The van der Waals surface area contributed by atoms with E-state index in [1.165, 1.54) is 24.3 Å². The predicted molar refractivity (Wildman–Crippen MR) is 128 cm³/mol. The second kappa shape index (κ2) is 11.5. The third-order valence-corrected chi connectivity index (χ3v) is 5.28. The van der Waals surface area contributed by atoms with Crippen LogP contribution in [0, 0.1) is 0 Å². The summed E-state index contributed by atoms with van der Waals surface area (Å²) in [7, 11) is 0. The van der Waals surface area contributed by atoms with E-state index in [1.807, 2.05) is 0 Å². The van der Waals surface area contributed by atoms with Gasteiger partial charge < -0.3 is 36.2 Å². The number of nitrogens with one attached hydrogen (secondary N) is 4. The number of carbonyl (C=O) groups is 2. The van der Waals surface area contributed by atoms with Crippen LogP contribution in [0.5, 0.6) is 11.5 Å². The van der Waals surface area contributed by atoms with Gasteiger partial charge in [0.2, 0.25) is 5.91 Å². The fourth-order valence-corrected chi connectivity index (χ4v) is 3.72. The minimum atomic E-state index is -4.86. The molecular formula is C22H23BrF3N5O5. The molecule has 2 atom stereocenters. The van der Waals surface area contributed by atoms with E-state index < -0.39 is 42.6 Å². The fourth-order valence-electron chi connectivity index (χ4n) is 3.23. The summed E-state index contributed by atoms with van der Waals surface area (Å²) in [6, 6.07) is 7.15. The Bertz CT molecular complexity index is 1160. The van der Waals surface area contributed by atoms with E-state index in [1.54, 1.807) is 6.92 Å². The van der Waals surface area contributed by atoms with E-state index in [2.05, 4.69) is 46.9 Å². The lowest BCUT2D eigenvalue weighted by molar-refractivity contribution is -0.274. The van der Waals surface area contributed by atoms with Crippen molar-refractivity contribution in [3.8, 4) is 11.5 Å². The van der Waals surface area contributed by atoms with Crippen LogP contribution in [-0.4, -0.2) is 60.1 Å². The number of ether oxygens (including phenoxy) is 1. The first kappa shape index (κ1) is 27.1. The number of β-amino-alcohol motifs (C(OH)–C–C–N with tert-alkyl or cyclic N) is 1. The van der Waals surface area contributed by atoms with Crippen LogP contribution in [0.15, 0.2) is 45.9 Å². The number of guanidine groups is 1. The van der Waals surface area contributed by atoms with Crippen molar-refractivity contribution in [1.29, 1.82) is 0 Å². The number of halogens is 4. The maximum atomic E-state index is 12.5. The first-order valence-corrected chi connectivity index (χ1v) is 11.4. The molecule has 10 nitrogen and oxygen atoms in total. The molecule has 0 saturated carbocycles. The molecular weight excluding hydrogens is 551 g/mol. The smallest absolute Gasteiger partial charge is 0.508 e. The van der Waals surface area contributed by atoms with Crippen molar-refractivity contribution in [2.75, 3.05) is 25.0 Å². The Morgan fingerprint density at radius 2 is 2.00 bits per heavy atom. The van der Waals surface area contributed by atoms with Crippen LogP contribution < -0.4 is 26.0 Å². The molecule has 0 bridgehead atoms.